The highest BCUT2D eigenvalue weighted by atomic mass is 32.2. The Morgan fingerprint density at radius 1 is 1.14 bits per heavy atom. The molecule has 0 amide bonds. The molecule has 112 valence electrons. The summed E-state index contributed by atoms with van der Waals surface area (Å²) in [6.45, 7) is 6.44. The molecule has 0 aliphatic rings. The lowest BCUT2D eigenvalue weighted by Gasteiger charge is -2.12. The van der Waals surface area contributed by atoms with Crippen LogP contribution in [-0.4, -0.2) is 15.7 Å². The third-order valence-corrected chi connectivity index (χ3v) is 4.20. The average molecular weight is 301 g/mol. The summed E-state index contributed by atoms with van der Waals surface area (Å²) < 4.78 is 0. The maximum absolute atomic E-state index is 6.26. The summed E-state index contributed by atoms with van der Waals surface area (Å²) in [6.07, 6.45) is 2.90. The zero-order chi connectivity index (χ0) is 15.2. The maximum atomic E-state index is 6.26. The molecule has 0 saturated heterocycles. The van der Waals surface area contributed by atoms with E-state index in [0.717, 1.165) is 23.0 Å². The second-order valence-corrected chi connectivity index (χ2v) is 6.72. The zero-order valence-electron chi connectivity index (χ0n) is 12.9. The second kappa shape index (κ2) is 7.57. The van der Waals surface area contributed by atoms with Gasteiger partial charge in [0.25, 0.3) is 0 Å². The van der Waals surface area contributed by atoms with Crippen LogP contribution in [0.5, 0.6) is 0 Å². The molecule has 0 saturated carbocycles. The second-order valence-electron chi connectivity index (χ2n) is 5.74. The number of rotatable bonds is 6. The fourth-order valence-corrected chi connectivity index (χ4v) is 2.99. The number of hydrogen-bond acceptors (Lipinski definition) is 4. The van der Waals surface area contributed by atoms with E-state index in [1.54, 1.807) is 18.0 Å². The number of thioether (sulfide) groups is 1. The fourth-order valence-electron chi connectivity index (χ4n) is 2.13. The Hall–Kier alpha value is -1.39. The largest absolute Gasteiger partial charge is 0.323 e. The zero-order valence-corrected chi connectivity index (χ0v) is 13.7. The Balaban J connectivity index is 1.92. The Kier molecular flexibility index (Phi) is 5.76. The van der Waals surface area contributed by atoms with Crippen LogP contribution >= 0.6 is 11.8 Å². The van der Waals surface area contributed by atoms with E-state index in [9.17, 15) is 0 Å². The molecule has 1 heterocycles. The van der Waals surface area contributed by atoms with Crippen molar-refractivity contribution >= 4 is 11.8 Å². The van der Waals surface area contributed by atoms with Gasteiger partial charge in [-0.15, -0.1) is 0 Å². The minimum Gasteiger partial charge on any atom is -0.323 e. The Morgan fingerprint density at radius 2 is 1.86 bits per heavy atom. The van der Waals surface area contributed by atoms with Crippen molar-refractivity contribution in [3.63, 3.8) is 0 Å². The Labute approximate surface area is 131 Å². The first-order valence-corrected chi connectivity index (χ1v) is 8.30. The van der Waals surface area contributed by atoms with Crippen molar-refractivity contribution < 1.29 is 0 Å². The van der Waals surface area contributed by atoms with Gasteiger partial charge in [-0.05, 0) is 36.5 Å². The molecule has 0 fully saturated rings. The minimum absolute atomic E-state index is 0.00668. The van der Waals surface area contributed by atoms with Crippen LogP contribution in [0.15, 0.2) is 41.7 Å². The fraction of sp³-hybridized carbons (Fsp3) is 0.412. The van der Waals surface area contributed by atoms with E-state index in [-0.39, 0.29) is 6.04 Å². The van der Waals surface area contributed by atoms with Crippen LogP contribution in [0.25, 0.3) is 0 Å². The Bertz CT molecular complexity index is 567. The maximum Gasteiger partial charge on any atom is 0.187 e. The number of hydrogen-bond donors (Lipinski definition) is 1. The summed E-state index contributed by atoms with van der Waals surface area (Å²) >= 11 is 1.61. The van der Waals surface area contributed by atoms with Gasteiger partial charge in [0.1, 0.15) is 0 Å². The van der Waals surface area contributed by atoms with E-state index < -0.39 is 0 Å². The lowest BCUT2D eigenvalue weighted by Crippen LogP contribution is -2.13. The lowest BCUT2D eigenvalue weighted by molar-refractivity contribution is 0.647. The highest BCUT2D eigenvalue weighted by molar-refractivity contribution is 7.99. The normalized spacial score (nSPS) is 12.6. The van der Waals surface area contributed by atoms with Crippen LogP contribution in [0.3, 0.4) is 0 Å². The van der Waals surface area contributed by atoms with Crippen molar-refractivity contribution in [3.8, 4) is 0 Å². The van der Waals surface area contributed by atoms with Crippen LogP contribution in [0.4, 0.5) is 0 Å². The molecule has 1 atom stereocenters. The van der Waals surface area contributed by atoms with E-state index in [1.165, 1.54) is 11.1 Å². The molecule has 0 aliphatic carbocycles. The van der Waals surface area contributed by atoms with Gasteiger partial charge >= 0.3 is 0 Å². The van der Waals surface area contributed by atoms with E-state index in [2.05, 4.69) is 48.1 Å². The lowest BCUT2D eigenvalue weighted by atomic mass is 10.0. The molecule has 0 spiro atoms. The molecule has 21 heavy (non-hydrogen) atoms. The topological polar surface area (TPSA) is 51.8 Å². The van der Waals surface area contributed by atoms with Crippen molar-refractivity contribution in [2.75, 3.05) is 5.75 Å². The smallest absolute Gasteiger partial charge is 0.187 e. The molecule has 3 nitrogen and oxygen atoms in total. The molecule has 0 bridgehead atoms. The first-order chi connectivity index (χ1) is 10.0. The predicted octanol–water partition coefficient (Wildman–Crippen LogP) is 3.78. The number of aromatic nitrogens is 2. The van der Waals surface area contributed by atoms with Gasteiger partial charge in [0, 0.05) is 23.7 Å². The molecule has 2 rings (SSSR count). The van der Waals surface area contributed by atoms with Crippen LogP contribution in [0.1, 0.15) is 36.7 Å². The van der Waals surface area contributed by atoms with Crippen LogP contribution < -0.4 is 5.73 Å². The summed E-state index contributed by atoms with van der Waals surface area (Å²) in [5.41, 5.74) is 9.78. The average Bonchev–Trinajstić information content (AvgIpc) is 2.45. The summed E-state index contributed by atoms with van der Waals surface area (Å²) in [4.78, 5) is 8.63. The predicted molar refractivity (Wildman–Crippen MR) is 89.4 cm³/mol. The summed E-state index contributed by atoms with van der Waals surface area (Å²) in [7, 11) is 0. The SMILES string of the molecule is Cc1ccnc(SCC(N)c2ccc(CC(C)C)cc2)n1. The summed E-state index contributed by atoms with van der Waals surface area (Å²) in [6, 6.07) is 10.6. The Morgan fingerprint density at radius 3 is 2.48 bits per heavy atom. The molecule has 2 N–H and O–H groups in total. The molecule has 1 unspecified atom stereocenters. The summed E-state index contributed by atoms with van der Waals surface area (Å²) in [5, 5.41) is 0.793. The minimum atomic E-state index is 0.00668. The first-order valence-electron chi connectivity index (χ1n) is 7.31. The van der Waals surface area contributed by atoms with Gasteiger partial charge in [-0.25, -0.2) is 9.97 Å². The van der Waals surface area contributed by atoms with Crippen LogP contribution in [-0.2, 0) is 6.42 Å². The molecule has 2 aromatic rings. The standard InChI is InChI=1S/C17H23N3S/c1-12(2)10-14-4-6-15(7-5-14)16(18)11-21-17-19-9-8-13(3)20-17/h4-9,12,16H,10-11,18H2,1-3H3. The van der Waals surface area contributed by atoms with Crippen molar-refractivity contribution in [2.45, 2.75) is 38.4 Å². The molecule has 0 radical (unpaired) electrons. The van der Waals surface area contributed by atoms with Gasteiger partial charge in [-0.1, -0.05) is 49.9 Å². The van der Waals surface area contributed by atoms with Crippen molar-refractivity contribution in [3.05, 3.63) is 53.3 Å². The number of benzene rings is 1. The molecule has 0 aliphatic heterocycles. The van der Waals surface area contributed by atoms with E-state index in [1.807, 2.05) is 13.0 Å². The van der Waals surface area contributed by atoms with Crippen molar-refractivity contribution in [1.29, 1.82) is 0 Å². The molecular formula is C17H23N3S. The summed E-state index contributed by atoms with van der Waals surface area (Å²) in [5.74, 6) is 1.46. The van der Waals surface area contributed by atoms with Gasteiger partial charge in [-0.3, -0.25) is 0 Å². The highest BCUT2D eigenvalue weighted by Crippen LogP contribution is 2.21. The van der Waals surface area contributed by atoms with Gasteiger partial charge in [0.15, 0.2) is 5.16 Å². The third-order valence-electron chi connectivity index (χ3n) is 3.22. The number of nitrogens with two attached hydrogens (primary N) is 1. The number of aryl methyl sites for hydroxylation is 1. The van der Waals surface area contributed by atoms with Crippen molar-refractivity contribution in [2.24, 2.45) is 11.7 Å². The molecule has 1 aromatic carbocycles. The molecule has 4 heteroatoms. The first kappa shape index (κ1) is 16.0. The van der Waals surface area contributed by atoms with Gasteiger partial charge < -0.3 is 5.73 Å². The van der Waals surface area contributed by atoms with E-state index >= 15 is 0 Å². The van der Waals surface area contributed by atoms with Gasteiger partial charge in [0.2, 0.25) is 0 Å². The number of nitrogens with zero attached hydrogens (tertiary/aromatic N) is 2. The quantitative estimate of drug-likeness (QED) is 0.652. The van der Waals surface area contributed by atoms with Crippen molar-refractivity contribution in [1.82, 2.24) is 9.97 Å². The molecule has 1 aromatic heterocycles. The van der Waals surface area contributed by atoms with E-state index in [0.29, 0.717) is 5.92 Å². The molecular weight excluding hydrogens is 278 g/mol. The highest BCUT2D eigenvalue weighted by Gasteiger charge is 2.08. The monoisotopic (exact) mass is 301 g/mol. The van der Waals surface area contributed by atoms with Crippen LogP contribution in [0, 0.1) is 12.8 Å². The van der Waals surface area contributed by atoms with E-state index in [4.69, 9.17) is 5.73 Å². The van der Waals surface area contributed by atoms with Gasteiger partial charge in [-0.2, -0.15) is 0 Å². The van der Waals surface area contributed by atoms with Crippen LogP contribution in [0.2, 0.25) is 0 Å². The van der Waals surface area contributed by atoms with Gasteiger partial charge in [0.05, 0.1) is 0 Å². The third kappa shape index (κ3) is 5.14.